The van der Waals surface area contributed by atoms with E-state index in [-0.39, 0.29) is 12.5 Å². The van der Waals surface area contributed by atoms with Crippen molar-refractivity contribution in [3.8, 4) is 0 Å². The number of anilines is 1. The lowest BCUT2D eigenvalue weighted by Gasteiger charge is -2.33. The fraction of sp³-hybridized carbons (Fsp3) is 0.462. The summed E-state index contributed by atoms with van der Waals surface area (Å²) in [5.74, 6) is -0.841. The molecule has 0 saturated heterocycles. The number of carbonyl (C=O) groups excluding carboxylic acids is 2. The summed E-state index contributed by atoms with van der Waals surface area (Å²) < 4.78 is 26.5. The summed E-state index contributed by atoms with van der Waals surface area (Å²) in [5.41, 5.74) is 2.77. The molecule has 10 heteroatoms. The van der Waals surface area contributed by atoms with Gasteiger partial charge in [-0.3, -0.25) is 13.9 Å². The summed E-state index contributed by atoms with van der Waals surface area (Å²) in [6.45, 7) is 7.59. The lowest BCUT2D eigenvalue weighted by Crippen LogP contribution is -2.52. The van der Waals surface area contributed by atoms with Crippen LogP contribution in [0.2, 0.25) is 10.0 Å². The van der Waals surface area contributed by atoms with Crippen LogP contribution in [0.15, 0.2) is 36.4 Å². The highest BCUT2D eigenvalue weighted by Gasteiger charge is 2.32. The van der Waals surface area contributed by atoms with Crippen molar-refractivity contribution >= 4 is 50.7 Å². The molecular weight excluding hydrogens is 521 g/mol. The minimum Gasteiger partial charge on any atom is -0.354 e. The molecule has 0 radical (unpaired) electrons. The predicted molar refractivity (Wildman–Crippen MR) is 147 cm³/mol. The molecule has 1 N–H and O–H groups in total. The summed E-state index contributed by atoms with van der Waals surface area (Å²) in [5, 5.41) is 3.60. The van der Waals surface area contributed by atoms with E-state index in [9.17, 15) is 18.0 Å². The molecule has 0 saturated carbocycles. The van der Waals surface area contributed by atoms with Crippen LogP contribution < -0.4 is 9.62 Å². The van der Waals surface area contributed by atoms with E-state index in [4.69, 9.17) is 23.2 Å². The van der Waals surface area contributed by atoms with Crippen LogP contribution in [0.4, 0.5) is 5.69 Å². The summed E-state index contributed by atoms with van der Waals surface area (Å²) in [7, 11) is -3.80. The van der Waals surface area contributed by atoms with Gasteiger partial charge in [-0.25, -0.2) is 8.42 Å². The minimum absolute atomic E-state index is 0.0401. The number of hydrogen-bond donors (Lipinski definition) is 1. The molecule has 2 amide bonds. The molecule has 7 nitrogen and oxygen atoms in total. The predicted octanol–water partition coefficient (Wildman–Crippen LogP) is 5.10. The van der Waals surface area contributed by atoms with Crippen LogP contribution in [-0.4, -0.2) is 50.5 Å². The standard InChI is InChI=1S/C26H35Cl2N3O4S/c1-6-8-14-29-26(33)24(7-2)30(16-21-22(27)10-9-11-23(21)28)25(32)17-31(36(5,34)35)20-13-12-18(3)19(4)15-20/h9-13,15,24H,6-8,14,16-17H2,1-5H3,(H,29,33). The maximum Gasteiger partial charge on any atom is 0.244 e. The van der Waals surface area contributed by atoms with Gasteiger partial charge in [0.2, 0.25) is 21.8 Å². The van der Waals surface area contributed by atoms with Crippen LogP contribution in [0.5, 0.6) is 0 Å². The van der Waals surface area contributed by atoms with Gasteiger partial charge in [-0.2, -0.15) is 0 Å². The number of hydrogen-bond acceptors (Lipinski definition) is 4. The molecule has 2 aromatic carbocycles. The quantitative estimate of drug-likeness (QED) is 0.369. The van der Waals surface area contributed by atoms with Crippen molar-refractivity contribution in [1.29, 1.82) is 0 Å². The summed E-state index contributed by atoms with van der Waals surface area (Å²) in [4.78, 5) is 28.2. The van der Waals surface area contributed by atoms with Crippen molar-refractivity contribution < 1.29 is 18.0 Å². The Morgan fingerprint density at radius 1 is 1.03 bits per heavy atom. The number of carbonyl (C=O) groups is 2. The molecule has 0 aromatic heterocycles. The second kappa shape index (κ2) is 13.3. The Bertz CT molecular complexity index is 1170. The normalized spacial score (nSPS) is 12.2. The van der Waals surface area contributed by atoms with Crippen LogP contribution in [0.1, 0.15) is 49.8 Å². The maximum atomic E-state index is 13.7. The number of aryl methyl sites for hydroxylation is 2. The second-order valence-corrected chi connectivity index (χ2v) is 11.5. The van der Waals surface area contributed by atoms with Gasteiger partial charge in [0.25, 0.3) is 0 Å². The Morgan fingerprint density at radius 2 is 1.67 bits per heavy atom. The van der Waals surface area contributed by atoms with Crippen molar-refractivity contribution in [3.05, 3.63) is 63.1 Å². The van der Waals surface area contributed by atoms with E-state index >= 15 is 0 Å². The third-order valence-corrected chi connectivity index (χ3v) is 7.91. The zero-order valence-corrected chi connectivity index (χ0v) is 23.8. The Kier molecular flexibility index (Phi) is 11.1. The molecule has 0 spiro atoms. The van der Waals surface area contributed by atoms with E-state index in [1.54, 1.807) is 37.3 Å². The van der Waals surface area contributed by atoms with Gasteiger partial charge in [-0.05, 0) is 62.1 Å². The van der Waals surface area contributed by atoms with Crippen molar-refractivity contribution in [3.63, 3.8) is 0 Å². The van der Waals surface area contributed by atoms with Crippen molar-refractivity contribution in [1.82, 2.24) is 10.2 Å². The van der Waals surface area contributed by atoms with Gasteiger partial charge < -0.3 is 10.2 Å². The smallest absolute Gasteiger partial charge is 0.244 e. The third kappa shape index (κ3) is 7.85. The third-order valence-electron chi connectivity index (χ3n) is 6.06. The van der Waals surface area contributed by atoms with E-state index in [1.165, 1.54) is 4.90 Å². The highest BCUT2D eigenvalue weighted by atomic mass is 35.5. The number of amides is 2. The van der Waals surface area contributed by atoms with Crippen molar-refractivity contribution in [2.75, 3.05) is 23.7 Å². The minimum atomic E-state index is -3.80. The highest BCUT2D eigenvalue weighted by Crippen LogP contribution is 2.28. The van der Waals surface area contributed by atoms with Crippen molar-refractivity contribution in [2.24, 2.45) is 0 Å². The zero-order valence-electron chi connectivity index (χ0n) is 21.5. The van der Waals surface area contributed by atoms with Crippen LogP contribution in [0.25, 0.3) is 0 Å². The monoisotopic (exact) mass is 555 g/mol. The van der Waals surface area contributed by atoms with Crippen LogP contribution >= 0.6 is 23.2 Å². The molecule has 0 fully saturated rings. The Hall–Kier alpha value is -2.29. The van der Waals surface area contributed by atoms with E-state index in [2.05, 4.69) is 5.32 Å². The van der Waals surface area contributed by atoms with Gasteiger partial charge in [0.1, 0.15) is 12.6 Å². The molecule has 0 bridgehead atoms. The van der Waals surface area contributed by atoms with E-state index < -0.39 is 28.5 Å². The Morgan fingerprint density at radius 3 is 2.19 bits per heavy atom. The number of unbranched alkanes of at least 4 members (excludes halogenated alkanes) is 1. The SMILES string of the molecule is CCCCNC(=O)C(CC)N(Cc1c(Cl)cccc1Cl)C(=O)CN(c1ccc(C)c(C)c1)S(C)(=O)=O. The molecule has 2 rings (SSSR count). The molecule has 1 unspecified atom stereocenters. The molecular formula is C26H35Cl2N3O4S. The summed E-state index contributed by atoms with van der Waals surface area (Å²) in [6.07, 6.45) is 3.10. The fourth-order valence-corrected chi connectivity index (χ4v) is 5.13. The van der Waals surface area contributed by atoms with E-state index in [0.717, 1.165) is 34.5 Å². The molecule has 1 atom stereocenters. The number of benzene rings is 2. The summed E-state index contributed by atoms with van der Waals surface area (Å²) >= 11 is 12.8. The molecule has 36 heavy (non-hydrogen) atoms. The highest BCUT2D eigenvalue weighted by molar-refractivity contribution is 7.92. The number of nitrogens with one attached hydrogen (secondary N) is 1. The molecule has 198 valence electrons. The maximum absolute atomic E-state index is 13.7. The first-order valence-electron chi connectivity index (χ1n) is 12.0. The first-order chi connectivity index (χ1) is 16.9. The first kappa shape index (κ1) is 29.9. The van der Waals surface area contributed by atoms with Gasteiger partial charge in [0, 0.05) is 28.7 Å². The van der Waals surface area contributed by atoms with Crippen LogP contribution in [0, 0.1) is 13.8 Å². The zero-order chi connectivity index (χ0) is 27.0. The summed E-state index contributed by atoms with van der Waals surface area (Å²) in [6, 6.07) is 9.39. The Labute approximate surface area is 224 Å². The molecule has 2 aromatic rings. The van der Waals surface area contributed by atoms with Crippen molar-refractivity contribution in [2.45, 2.75) is 59.5 Å². The van der Waals surface area contributed by atoms with Crippen LogP contribution in [-0.2, 0) is 26.2 Å². The van der Waals surface area contributed by atoms with Gasteiger partial charge in [0.15, 0.2) is 0 Å². The second-order valence-electron chi connectivity index (χ2n) is 8.83. The topological polar surface area (TPSA) is 86.8 Å². The molecule has 0 aliphatic heterocycles. The van der Waals surface area contributed by atoms with Gasteiger partial charge in [-0.15, -0.1) is 0 Å². The molecule has 0 heterocycles. The van der Waals surface area contributed by atoms with E-state index in [1.807, 2.05) is 26.8 Å². The van der Waals surface area contributed by atoms with Crippen LogP contribution in [0.3, 0.4) is 0 Å². The fourth-order valence-electron chi connectivity index (χ4n) is 3.77. The molecule has 0 aliphatic rings. The average Bonchev–Trinajstić information content (AvgIpc) is 2.80. The lowest BCUT2D eigenvalue weighted by atomic mass is 10.1. The molecule has 0 aliphatic carbocycles. The average molecular weight is 557 g/mol. The number of rotatable bonds is 12. The number of halogens is 2. The van der Waals surface area contributed by atoms with Gasteiger partial charge >= 0.3 is 0 Å². The Balaban J connectivity index is 2.48. The van der Waals surface area contributed by atoms with Gasteiger partial charge in [0.05, 0.1) is 11.9 Å². The van der Waals surface area contributed by atoms with Gasteiger partial charge in [-0.1, -0.05) is 55.6 Å². The number of nitrogens with zero attached hydrogens (tertiary/aromatic N) is 2. The number of sulfonamides is 1. The first-order valence-corrected chi connectivity index (χ1v) is 14.6. The largest absolute Gasteiger partial charge is 0.354 e. The lowest BCUT2D eigenvalue weighted by molar-refractivity contribution is -0.140. The van der Waals surface area contributed by atoms with E-state index in [0.29, 0.717) is 34.3 Å².